The smallest absolute Gasteiger partial charge is 0.272 e. The third kappa shape index (κ3) is 3.88. The normalized spacial score (nSPS) is 15.7. The van der Waals surface area contributed by atoms with Crippen LogP contribution in [0, 0.1) is 0 Å². The van der Waals surface area contributed by atoms with Crippen molar-refractivity contribution in [1.82, 2.24) is 15.1 Å². The molecule has 1 unspecified atom stereocenters. The summed E-state index contributed by atoms with van der Waals surface area (Å²) in [4.78, 5) is 12.5. The number of methoxy groups -OCH3 is 1. The largest absolute Gasteiger partial charge is 0.496 e. The molecular formula is C21H20ClN3O3. The highest BCUT2D eigenvalue weighted by molar-refractivity contribution is 6.30. The highest BCUT2D eigenvalue weighted by Gasteiger charge is 2.24. The second-order valence-electron chi connectivity index (χ2n) is 6.55. The van der Waals surface area contributed by atoms with E-state index in [1.54, 1.807) is 13.2 Å². The number of carbonyl (C=O) groups excluding carboxylic acids is 1. The Hall–Kier alpha value is -2.83. The van der Waals surface area contributed by atoms with E-state index in [0.717, 1.165) is 22.6 Å². The van der Waals surface area contributed by atoms with E-state index in [-0.39, 0.29) is 12.0 Å². The molecule has 1 aromatic heterocycles. The van der Waals surface area contributed by atoms with Gasteiger partial charge in [0.15, 0.2) is 5.69 Å². The van der Waals surface area contributed by atoms with Gasteiger partial charge in [-0.3, -0.25) is 9.48 Å². The second-order valence-corrected chi connectivity index (χ2v) is 6.99. The summed E-state index contributed by atoms with van der Waals surface area (Å²) in [6, 6.07) is 16.9. The third-order valence-corrected chi connectivity index (χ3v) is 4.99. The van der Waals surface area contributed by atoms with E-state index in [2.05, 4.69) is 10.4 Å². The molecule has 0 radical (unpaired) electrons. The van der Waals surface area contributed by atoms with Crippen molar-refractivity contribution in [3.8, 4) is 5.75 Å². The van der Waals surface area contributed by atoms with Crippen LogP contribution in [0.1, 0.15) is 33.4 Å². The van der Waals surface area contributed by atoms with E-state index in [1.807, 2.05) is 53.2 Å². The summed E-state index contributed by atoms with van der Waals surface area (Å²) in [6.45, 7) is 1.33. The number of fused-ring (bicyclic) bond motifs is 1. The van der Waals surface area contributed by atoms with Crippen LogP contribution < -0.4 is 10.1 Å². The van der Waals surface area contributed by atoms with Crippen LogP contribution in [0.3, 0.4) is 0 Å². The predicted octanol–water partition coefficient (Wildman–Crippen LogP) is 3.75. The van der Waals surface area contributed by atoms with Crippen LogP contribution in [0.5, 0.6) is 5.75 Å². The fourth-order valence-corrected chi connectivity index (χ4v) is 3.36. The molecule has 0 saturated carbocycles. The number of para-hydroxylation sites is 1. The van der Waals surface area contributed by atoms with Crippen molar-refractivity contribution in [3.63, 3.8) is 0 Å². The van der Waals surface area contributed by atoms with Gasteiger partial charge in [-0.25, -0.2) is 0 Å². The molecule has 1 aliphatic rings. The van der Waals surface area contributed by atoms with Gasteiger partial charge >= 0.3 is 0 Å². The van der Waals surface area contributed by atoms with Gasteiger partial charge in [0.1, 0.15) is 11.9 Å². The van der Waals surface area contributed by atoms with Crippen molar-refractivity contribution >= 4 is 17.5 Å². The van der Waals surface area contributed by atoms with Crippen LogP contribution in [-0.4, -0.2) is 22.8 Å². The van der Waals surface area contributed by atoms with E-state index in [1.165, 1.54) is 0 Å². The summed E-state index contributed by atoms with van der Waals surface area (Å²) < 4.78 is 13.1. The molecule has 6 nitrogen and oxygen atoms in total. The van der Waals surface area contributed by atoms with E-state index >= 15 is 0 Å². The fraction of sp³-hybridized carbons (Fsp3) is 0.238. The van der Waals surface area contributed by atoms with Crippen molar-refractivity contribution in [2.75, 3.05) is 7.11 Å². The van der Waals surface area contributed by atoms with Crippen LogP contribution in [-0.2, 0) is 24.4 Å². The topological polar surface area (TPSA) is 65.4 Å². The molecular weight excluding hydrogens is 378 g/mol. The van der Waals surface area contributed by atoms with Gasteiger partial charge in [-0.2, -0.15) is 5.10 Å². The molecule has 1 aliphatic heterocycles. The minimum atomic E-state index is -0.226. The lowest BCUT2D eigenvalue weighted by atomic mass is 10.1. The first-order valence-electron chi connectivity index (χ1n) is 8.98. The Morgan fingerprint density at radius 2 is 2.07 bits per heavy atom. The Morgan fingerprint density at radius 3 is 2.86 bits per heavy atom. The van der Waals surface area contributed by atoms with Gasteiger partial charge in [0, 0.05) is 17.1 Å². The van der Waals surface area contributed by atoms with E-state index in [4.69, 9.17) is 21.1 Å². The molecule has 0 saturated heterocycles. The maximum atomic E-state index is 12.5. The summed E-state index contributed by atoms with van der Waals surface area (Å²) in [5.74, 6) is 0.516. The quantitative estimate of drug-likeness (QED) is 0.712. The first-order chi connectivity index (χ1) is 13.6. The summed E-state index contributed by atoms with van der Waals surface area (Å²) in [7, 11) is 1.61. The second kappa shape index (κ2) is 8.04. The van der Waals surface area contributed by atoms with Gasteiger partial charge in [-0.1, -0.05) is 41.9 Å². The Kier molecular flexibility index (Phi) is 5.32. The maximum Gasteiger partial charge on any atom is 0.272 e. The van der Waals surface area contributed by atoms with Crippen LogP contribution in [0.4, 0.5) is 0 Å². The molecule has 1 atom stereocenters. The summed E-state index contributed by atoms with van der Waals surface area (Å²) in [5.41, 5.74) is 3.21. The van der Waals surface area contributed by atoms with E-state index < -0.39 is 0 Å². The van der Waals surface area contributed by atoms with E-state index in [9.17, 15) is 4.79 Å². The molecule has 0 aliphatic carbocycles. The molecule has 0 fully saturated rings. The van der Waals surface area contributed by atoms with Gasteiger partial charge in [0.25, 0.3) is 5.91 Å². The number of ether oxygens (including phenoxy) is 2. The van der Waals surface area contributed by atoms with Gasteiger partial charge in [-0.05, 0) is 29.8 Å². The molecule has 0 bridgehead atoms. The molecule has 144 valence electrons. The van der Waals surface area contributed by atoms with Crippen LogP contribution in [0.15, 0.2) is 54.6 Å². The Bertz CT molecular complexity index is 985. The van der Waals surface area contributed by atoms with E-state index in [0.29, 0.717) is 30.4 Å². The van der Waals surface area contributed by atoms with Crippen molar-refractivity contribution in [1.29, 1.82) is 0 Å². The molecule has 2 heterocycles. The Labute approximate surface area is 168 Å². The lowest BCUT2D eigenvalue weighted by Gasteiger charge is -2.24. The number of nitrogens with zero attached hydrogens (tertiary/aromatic N) is 2. The number of benzene rings is 2. The molecule has 3 aromatic rings. The molecule has 4 rings (SSSR count). The highest BCUT2D eigenvalue weighted by Crippen LogP contribution is 2.27. The zero-order valence-corrected chi connectivity index (χ0v) is 16.1. The summed E-state index contributed by atoms with van der Waals surface area (Å²) >= 11 is 5.95. The van der Waals surface area contributed by atoms with Crippen molar-refractivity contribution in [3.05, 3.63) is 82.1 Å². The molecule has 7 heteroatoms. The van der Waals surface area contributed by atoms with Gasteiger partial charge in [0.2, 0.25) is 0 Å². The third-order valence-electron chi connectivity index (χ3n) is 4.74. The molecule has 28 heavy (non-hydrogen) atoms. The number of hydrogen-bond donors (Lipinski definition) is 1. The Morgan fingerprint density at radius 1 is 1.29 bits per heavy atom. The van der Waals surface area contributed by atoms with Gasteiger partial charge in [-0.15, -0.1) is 0 Å². The molecule has 0 spiro atoms. The average molecular weight is 398 g/mol. The highest BCUT2D eigenvalue weighted by atomic mass is 35.5. The lowest BCUT2D eigenvalue weighted by molar-refractivity contribution is -0.00119. The van der Waals surface area contributed by atoms with Gasteiger partial charge in [0.05, 0.1) is 26.0 Å². The SMILES string of the molecule is COc1ccccc1CNC(=O)c1cc2n(n1)CC(c1ccc(Cl)cc1)OC2. The standard InChI is InChI=1S/C21H20ClN3O3/c1-27-19-5-3-2-4-15(19)11-23-21(26)18-10-17-13-28-20(12-25(17)24-18)14-6-8-16(22)9-7-14/h2-10,20H,11-13H2,1H3,(H,23,26). The zero-order valence-electron chi connectivity index (χ0n) is 15.4. The first kappa shape index (κ1) is 18.5. The number of amides is 1. The number of rotatable bonds is 5. The van der Waals surface area contributed by atoms with Gasteiger partial charge < -0.3 is 14.8 Å². The van der Waals surface area contributed by atoms with Crippen LogP contribution in [0.2, 0.25) is 5.02 Å². The maximum absolute atomic E-state index is 12.5. The number of halogens is 1. The average Bonchev–Trinajstić information content (AvgIpc) is 3.16. The van der Waals surface area contributed by atoms with Crippen molar-refractivity contribution < 1.29 is 14.3 Å². The molecule has 1 N–H and O–H groups in total. The number of aromatic nitrogens is 2. The summed E-state index contributed by atoms with van der Waals surface area (Å²) in [6.07, 6.45) is -0.117. The zero-order chi connectivity index (χ0) is 19.5. The minimum Gasteiger partial charge on any atom is -0.496 e. The lowest BCUT2D eigenvalue weighted by Crippen LogP contribution is -2.24. The minimum absolute atomic E-state index is 0.117. The monoisotopic (exact) mass is 397 g/mol. The van der Waals surface area contributed by atoms with Crippen LogP contribution in [0.25, 0.3) is 0 Å². The molecule has 1 amide bonds. The number of hydrogen-bond acceptors (Lipinski definition) is 4. The van der Waals surface area contributed by atoms with Crippen LogP contribution >= 0.6 is 11.6 Å². The van der Waals surface area contributed by atoms with Crippen molar-refractivity contribution in [2.24, 2.45) is 0 Å². The first-order valence-corrected chi connectivity index (χ1v) is 9.35. The number of carbonyl (C=O) groups is 1. The fourth-order valence-electron chi connectivity index (χ4n) is 3.23. The molecule has 2 aromatic carbocycles. The predicted molar refractivity (Wildman–Crippen MR) is 105 cm³/mol. The Balaban J connectivity index is 1.43. The summed E-state index contributed by atoms with van der Waals surface area (Å²) in [5, 5.41) is 8.05. The number of nitrogens with one attached hydrogen (secondary N) is 1. The van der Waals surface area contributed by atoms with Crippen molar-refractivity contribution in [2.45, 2.75) is 25.8 Å².